The van der Waals surface area contributed by atoms with E-state index in [1.165, 1.54) is 32.1 Å². The first-order valence-electron chi connectivity index (χ1n) is 8.25. The monoisotopic (exact) mass is 301 g/mol. The molecule has 0 aliphatic heterocycles. The summed E-state index contributed by atoms with van der Waals surface area (Å²) in [5.74, 6) is 0.711. The standard InChI is InChI=1S/C18H23NO3/c20-17(21)10-12-5-4-8-14(9-12)19-18(22)16-11-15(16)13-6-2-1-3-7-13/h4-5,8-9,13,15-16H,1-3,6-7,10-11H2,(H,19,22)(H,20,21). The normalized spacial score (nSPS) is 24.7. The number of anilines is 1. The fourth-order valence-corrected chi connectivity index (χ4v) is 3.77. The summed E-state index contributed by atoms with van der Waals surface area (Å²) in [7, 11) is 0. The van der Waals surface area contributed by atoms with E-state index in [2.05, 4.69) is 5.32 Å². The lowest BCUT2D eigenvalue weighted by atomic mass is 9.85. The number of amides is 1. The molecule has 2 aliphatic rings. The predicted molar refractivity (Wildman–Crippen MR) is 84.6 cm³/mol. The molecule has 2 aliphatic carbocycles. The molecule has 0 bridgehead atoms. The van der Waals surface area contributed by atoms with Gasteiger partial charge in [0.15, 0.2) is 0 Å². The van der Waals surface area contributed by atoms with Crippen LogP contribution in [0.4, 0.5) is 5.69 Å². The lowest BCUT2D eigenvalue weighted by molar-refractivity contribution is -0.136. The lowest BCUT2D eigenvalue weighted by Crippen LogP contribution is -2.18. The highest BCUT2D eigenvalue weighted by atomic mass is 16.4. The minimum Gasteiger partial charge on any atom is -0.481 e. The Morgan fingerprint density at radius 3 is 2.68 bits per heavy atom. The Balaban J connectivity index is 1.55. The van der Waals surface area contributed by atoms with E-state index < -0.39 is 5.97 Å². The van der Waals surface area contributed by atoms with Gasteiger partial charge in [0, 0.05) is 11.6 Å². The third-order valence-electron chi connectivity index (χ3n) is 4.98. The smallest absolute Gasteiger partial charge is 0.307 e. The molecule has 4 heteroatoms. The van der Waals surface area contributed by atoms with Crippen molar-refractivity contribution in [3.63, 3.8) is 0 Å². The highest BCUT2D eigenvalue weighted by Crippen LogP contribution is 2.49. The summed E-state index contributed by atoms with van der Waals surface area (Å²) in [6.07, 6.45) is 7.53. The molecule has 4 nitrogen and oxygen atoms in total. The number of hydrogen-bond acceptors (Lipinski definition) is 2. The fraction of sp³-hybridized carbons (Fsp3) is 0.556. The van der Waals surface area contributed by atoms with E-state index in [9.17, 15) is 9.59 Å². The van der Waals surface area contributed by atoms with Gasteiger partial charge in [0.2, 0.25) is 5.91 Å². The van der Waals surface area contributed by atoms with Crippen molar-refractivity contribution in [2.24, 2.45) is 17.8 Å². The van der Waals surface area contributed by atoms with Crippen LogP contribution in [-0.4, -0.2) is 17.0 Å². The number of carbonyl (C=O) groups excluding carboxylic acids is 1. The average molecular weight is 301 g/mol. The molecule has 0 heterocycles. The van der Waals surface area contributed by atoms with Crippen LogP contribution in [0.3, 0.4) is 0 Å². The molecule has 22 heavy (non-hydrogen) atoms. The first-order valence-corrected chi connectivity index (χ1v) is 8.25. The van der Waals surface area contributed by atoms with Crippen molar-refractivity contribution in [1.29, 1.82) is 0 Å². The maximum atomic E-state index is 12.3. The van der Waals surface area contributed by atoms with Gasteiger partial charge in [-0.25, -0.2) is 0 Å². The van der Waals surface area contributed by atoms with Gasteiger partial charge in [-0.1, -0.05) is 44.2 Å². The molecule has 2 unspecified atom stereocenters. The maximum absolute atomic E-state index is 12.3. The Morgan fingerprint density at radius 1 is 1.18 bits per heavy atom. The van der Waals surface area contributed by atoms with Gasteiger partial charge in [-0.15, -0.1) is 0 Å². The van der Waals surface area contributed by atoms with Crippen molar-refractivity contribution in [1.82, 2.24) is 0 Å². The molecular weight excluding hydrogens is 278 g/mol. The summed E-state index contributed by atoms with van der Waals surface area (Å²) >= 11 is 0. The number of carboxylic acid groups (broad SMARTS) is 1. The molecule has 1 amide bonds. The van der Waals surface area contributed by atoms with Crippen LogP contribution < -0.4 is 5.32 Å². The van der Waals surface area contributed by atoms with E-state index in [4.69, 9.17) is 5.11 Å². The molecule has 1 aromatic rings. The Labute approximate surface area is 130 Å². The van der Waals surface area contributed by atoms with Crippen LogP contribution in [0.15, 0.2) is 24.3 Å². The number of rotatable bonds is 5. The third-order valence-corrected chi connectivity index (χ3v) is 4.98. The molecule has 2 atom stereocenters. The number of benzene rings is 1. The number of aliphatic carboxylic acids is 1. The molecule has 2 N–H and O–H groups in total. The second-order valence-electron chi connectivity index (χ2n) is 6.66. The minimum absolute atomic E-state index is 0.0160. The zero-order valence-corrected chi connectivity index (χ0v) is 12.8. The number of nitrogens with one attached hydrogen (secondary N) is 1. The second kappa shape index (κ2) is 6.51. The maximum Gasteiger partial charge on any atom is 0.307 e. The van der Waals surface area contributed by atoms with Gasteiger partial charge in [0.1, 0.15) is 0 Å². The number of carbonyl (C=O) groups is 2. The lowest BCUT2D eigenvalue weighted by Gasteiger charge is -2.21. The van der Waals surface area contributed by atoms with Crippen LogP contribution in [-0.2, 0) is 16.0 Å². The van der Waals surface area contributed by atoms with Crippen molar-refractivity contribution in [2.45, 2.75) is 44.9 Å². The fourth-order valence-electron chi connectivity index (χ4n) is 3.77. The summed E-state index contributed by atoms with van der Waals surface area (Å²) in [6, 6.07) is 7.14. The van der Waals surface area contributed by atoms with Crippen molar-refractivity contribution >= 4 is 17.6 Å². The molecule has 1 aromatic carbocycles. The minimum atomic E-state index is -0.858. The molecule has 0 saturated heterocycles. The van der Waals surface area contributed by atoms with Crippen LogP contribution in [0.25, 0.3) is 0 Å². The zero-order valence-electron chi connectivity index (χ0n) is 12.8. The van der Waals surface area contributed by atoms with E-state index >= 15 is 0 Å². The molecule has 0 aromatic heterocycles. The second-order valence-corrected chi connectivity index (χ2v) is 6.66. The summed E-state index contributed by atoms with van der Waals surface area (Å²) in [6.45, 7) is 0. The average Bonchev–Trinajstić information content (AvgIpc) is 3.28. The van der Waals surface area contributed by atoms with Gasteiger partial charge >= 0.3 is 5.97 Å². The van der Waals surface area contributed by atoms with Gasteiger partial charge in [-0.3, -0.25) is 9.59 Å². The first kappa shape index (κ1) is 15.1. The molecule has 118 valence electrons. The summed E-state index contributed by atoms with van der Waals surface area (Å²) in [5.41, 5.74) is 1.42. The summed E-state index contributed by atoms with van der Waals surface area (Å²) < 4.78 is 0. The van der Waals surface area contributed by atoms with Gasteiger partial charge in [0.25, 0.3) is 0 Å². The Morgan fingerprint density at radius 2 is 1.95 bits per heavy atom. The van der Waals surface area contributed by atoms with Crippen molar-refractivity contribution in [2.75, 3.05) is 5.32 Å². The van der Waals surface area contributed by atoms with E-state index in [1.54, 1.807) is 18.2 Å². The molecule has 0 radical (unpaired) electrons. The number of hydrogen-bond donors (Lipinski definition) is 2. The quantitative estimate of drug-likeness (QED) is 0.875. The van der Waals surface area contributed by atoms with Crippen LogP contribution in [0, 0.1) is 17.8 Å². The Kier molecular flexibility index (Phi) is 4.46. The van der Waals surface area contributed by atoms with Crippen LogP contribution in [0.5, 0.6) is 0 Å². The molecular formula is C18H23NO3. The van der Waals surface area contributed by atoms with E-state index in [0.717, 1.165) is 12.3 Å². The summed E-state index contributed by atoms with van der Waals surface area (Å²) in [4.78, 5) is 23.1. The SMILES string of the molecule is O=C(O)Cc1cccc(NC(=O)C2CC2C2CCCCC2)c1. The highest BCUT2D eigenvalue weighted by Gasteiger charge is 2.47. The molecule has 2 saturated carbocycles. The van der Waals surface area contributed by atoms with Crippen LogP contribution >= 0.6 is 0 Å². The molecule has 3 rings (SSSR count). The van der Waals surface area contributed by atoms with Crippen molar-refractivity contribution in [3.05, 3.63) is 29.8 Å². The van der Waals surface area contributed by atoms with E-state index in [0.29, 0.717) is 17.2 Å². The third kappa shape index (κ3) is 3.67. The van der Waals surface area contributed by atoms with Crippen molar-refractivity contribution < 1.29 is 14.7 Å². The highest BCUT2D eigenvalue weighted by molar-refractivity contribution is 5.94. The van der Waals surface area contributed by atoms with Gasteiger partial charge in [0.05, 0.1) is 6.42 Å². The van der Waals surface area contributed by atoms with Crippen LogP contribution in [0.2, 0.25) is 0 Å². The molecule has 2 fully saturated rings. The van der Waals surface area contributed by atoms with E-state index in [-0.39, 0.29) is 18.2 Å². The van der Waals surface area contributed by atoms with Gasteiger partial charge in [-0.2, -0.15) is 0 Å². The number of carboxylic acids is 1. The largest absolute Gasteiger partial charge is 0.481 e. The Bertz CT molecular complexity index is 563. The van der Waals surface area contributed by atoms with Gasteiger partial charge in [-0.05, 0) is 36.0 Å². The first-order chi connectivity index (χ1) is 10.6. The topological polar surface area (TPSA) is 66.4 Å². The summed E-state index contributed by atoms with van der Waals surface area (Å²) in [5, 5.41) is 11.8. The Hall–Kier alpha value is -1.84. The predicted octanol–water partition coefficient (Wildman–Crippen LogP) is 3.47. The van der Waals surface area contributed by atoms with Crippen molar-refractivity contribution in [3.8, 4) is 0 Å². The van der Waals surface area contributed by atoms with Crippen LogP contribution in [0.1, 0.15) is 44.1 Å². The van der Waals surface area contributed by atoms with E-state index in [1.807, 2.05) is 6.07 Å². The molecule has 0 spiro atoms. The zero-order chi connectivity index (χ0) is 15.5. The van der Waals surface area contributed by atoms with Gasteiger partial charge < -0.3 is 10.4 Å².